The molecule has 128 valence electrons. The van der Waals surface area contributed by atoms with Crippen LogP contribution in [0.1, 0.15) is 19.4 Å². The van der Waals surface area contributed by atoms with E-state index < -0.39 is 12.1 Å². The van der Waals surface area contributed by atoms with Gasteiger partial charge >= 0.3 is 12.1 Å². The fourth-order valence-electron chi connectivity index (χ4n) is 1.70. The summed E-state index contributed by atoms with van der Waals surface area (Å²) in [4.78, 5) is 23.5. The van der Waals surface area contributed by atoms with E-state index in [-0.39, 0.29) is 25.3 Å². The highest BCUT2D eigenvalue weighted by Gasteiger charge is 2.10. The number of hydrogen-bond donors (Lipinski definition) is 6. The molecule has 8 nitrogen and oxygen atoms in total. The smallest absolute Gasteiger partial charge is 0.319 e. The minimum atomic E-state index is -0.445. The predicted molar refractivity (Wildman–Crippen MR) is 88.6 cm³/mol. The number of carbonyl (C=O) groups excluding carboxylic acids is 2. The Balaban J connectivity index is 2.71. The van der Waals surface area contributed by atoms with Gasteiger partial charge < -0.3 is 31.5 Å². The van der Waals surface area contributed by atoms with Crippen LogP contribution in [0.2, 0.25) is 0 Å². The largest absolute Gasteiger partial charge is 0.394 e. The summed E-state index contributed by atoms with van der Waals surface area (Å²) < 4.78 is 0. The molecule has 2 atom stereocenters. The van der Waals surface area contributed by atoms with Crippen molar-refractivity contribution in [3.8, 4) is 0 Å². The molecule has 0 unspecified atom stereocenters. The minimum Gasteiger partial charge on any atom is -0.394 e. The van der Waals surface area contributed by atoms with Gasteiger partial charge in [-0.2, -0.15) is 0 Å². The highest BCUT2D eigenvalue weighted by Crippen LogP contribution is 2.20. The maximum Gasteiger partial charge on any atom is 0.319 e. The van der Waals surface area contributed by atoms with Crippen molar-refractivity contribution in [3.63, 3.8) is 0 Å². The molecule has 4 amide bonds. The average Bonchev–Trinajstić information content (AvgIpc) is 2.50. The van der Waals surface area contributed by atoms with Crippen molar-refractivity contribution >= 4 is 23.4 Å². The molecule has 0 aliphatic heterocycles. The van der Waals surface area contributed by atoms with E-state index in [0.29, 0.717) is 11.4 Å². The summed E-state index contributed by atoms with van der Waals surface area (Å²) in [5.41, 5.74) is 1.87. The number of carbonyl (C=O) groups is 2. The van der Waals surface area contributed by atoms with Crippen LogP contribution in [0.4, 0.5) is 21.0 Å². The minimum absolute atomic E-state index is 0.155. The highest BCUT2D eigenvalue weighted by molar-refractivity contribution is 5.93. The molecule has 0 heterocycles. The van der Waals surface area contributed by atoms with Crippen LogP contribution in [0, 0.1) is 6.92 Å². The fourth-order valence-corrected chi connectivity index (χ4v) is 1.70. The Bertz CT molecular complexity index is 550. The zero-order valence-corrected chi connectivity index (χ0v) is 13.5. The number of hydrogen-bond acceptors (Lipinski definition) is 4. The molecule has 0 saturated heterocycles. The number of anilines is 2. The van der Waals surface area contributed by atoms with E-state index in [0.717, 1.165) is 5.56 Å². The second-order valence-corrected chi connectivity index (χ2v) is 5.39. The van der Waals surface area contributed by atoms with E-state index in [1.54, 1.807) is 32.0 Å². The molecule has 0 aliphatic carbocycles. The molecule has 0 spiro atoms. The molecule has 1 aromatic rings. The predicted octanol–water partition coefficient (Wildman–Crippen LogP) is 1.000. The quantitative estimate of drug-likeness (QED) is 0.467. The Morgan fingerprint density at radius 1 is 1.00 bits per heavy atom. The lowest BCUT2D eigenvalue weighted by atomic mass is 10.2. The SMILES string of the molecule is Cc1ccc(NC(=O)N[C@H](C)CO)cc1NC(=O)N[C@@H](C)CO. The molecular weight excluding hydrogens is 300 g/mol. The molecule has 6 N–H and O–H groups in total. The van der Waals surface area contributed by atoms with Gasteiger partial charge in [-0.05, 0) is 38.5 Å². The van der Waals surface area contributed by atoms with Gasteiger partial charge in [0.15, 0.2) is 0 Å². The summed E-state index contributed by atoms with van der Waals surface area (Å²) in [6.45, 7) is 4.86. The van der Waals surface area contributed by atoms with Gasteiger partial charge in [0, 0.05) is 11.4 Å². The lowest BCUT2D eigenvalue weighted by molar-refractivity contribution is 0.229. The van der Waals surface area contributed by atoms with E-state index in [1.807, 2.05) is 6.92 Å². The second-order valence-electron chi connectivity index (χ2n) is 5.39. The van der Waals surface area contributed by atoms with Gasteiger partial charge in [0.2, 0.25) is 0 Å². The number of urea groups is 2. The van der Waals surface area contributed by atoms with Crippen molar-refractivity contribution in [3.05, 3.63) is 23.8 Å². The van der Waals surface area contributed by atoms with Crippen molar-refractivity contribution in [2.45, 2.75) is 32.9 Å². The summed E-state index contributed by atoms with van der Waals surface area (Å²) in [5, 5.41) is 28.3. The van der Waals surface area contributed by atoms with Crippen LogP contribution in [0.5, 0.6) is 0 Å². The molecular formula is C15H24N4O4. The van der Waals surface area contributed by atoms with Crippen LogP contribution in [0.3, 0.4) is 0 Å². The van der Waals surface area contributed by atoms with Crippen molar-refractivity contribution in [1.82, 2.24) is 10.6 Å². The molecule has 0 radical (unpaired) electrons. The summed E-state index contributed by atoms with van der Waals surface area (Å²) in [6.07, 6.45) is 0. The van der Waals surface area contributed by atoms with Crippen LogP contribution in [0.25, 0.3) is 0 Å². The Kier molecular flexibility index (Phi) is 7.30. The first-order chi connectivity index (χ1) is 10.8. The zero-order valence-electron chi connectivity index (χ0n) is 13.5. The molecule has 23 heavy (non-hydrogen) atoms. The van der Waals surface area contributed by atoms with E-state index in [9.17, 15) is 9.59 Å². The van der Waals surface area contributed by atoms with Crippen molar-refractivity contribution < 1.29 is 19.8 Å². The van der Waals surface area contributed by atoms with Crippen molar-refractivity contribution in [2.75, 3.05) is 23.8 Å². The second kappa shape index (κ2) is 8.96. The summed E-state index contributed by atoms with van der Waals surface area (Å²) >= 11 is 0. The molecule has 1 aromatic carbocycles. The van der Waals surface area contributed by atoms with E-state index in [4.69, 9.17) is 10.2 Å². The first-order valence-electron chi connectivity index (χ1n) is 7.33. The number of amides is 4. The van der Waals surface area contributed by atoms with Gasteiger partial charge in [0.1, 0.15) is 0 Å². The van der Waals surface area contributed by atoms with Gasteiger partial charge in [-0.15, -0.1) is 0 Å². The molecule has 8 heteroatoms. The van der Waals surface area contributed by atoms with Gasteiger partial charge in [0.05, 0.1) is 25.3 Å². The van der Waals surface area contributed by atoms with Crippen molar-refractivity contribution in [2.24, 2.45) is 0 Å². The standard InChI is InChI=1S/C15H24N4O4/c1-9-4-5-12(18-14(22)16-10(2)7-20)6-13(9)19-15(23)17-11(3)8-21/h4-6,10-11,20-21H,7-8H2,1-3H3,(H2,16,18,22)(H2,17,19,23)/t10-,11+/m1/s1. The number of nitrogens with one attached hydrogen (secondary N) is 4. The first kappa shape index (κ1) is 18.7. The molecule has 0 saturated carbocycles. The topological polar surface area (TPSA) is 123 Å². The van der Waals surface area contributed by atoms with Crippen LogP contribution in [-0.2, 0) is 0 Å². The maximum absolute atomic E-state index is 11.8. The third-order valence-corrected chi connectivity index (χ3v) is 3.05. The van der Waals surface area contributed by atoms with Crippen LogP contribution >= 0.6 is 0 Å². The zero-order chi connectivity index (χ0) is 17.4. The van der Waals surface area contributed by atoms with E-state index in [2.05, 4.69) is 21.3 Å². The molecule has 0 aromatic heterocycles. The summed E-state index contributed by atoms with van der Waals surface area (Å²) in [5.74, 6) is 0. The van der Waals surface area contributed by atoms with Gasteiger partial charge in [-0.3, -0.25) is 0 Å². The van der Waals surface area contributed by atoms with Gasteiger partial charge in [-0.1, -0.05) is 6.07 Å². The Labute approximate surface area is 135 Å². The third kappa shape index (κ3) is 6.54. The third-order valence-electron chi connectivity index (χ3n) is 3.05. The number of aliphatic hydroxyl groups excluding tert-OH is 2. The summed E-state index contributed by atoms with van der Waals surface area (Å²) in [7, 11) is 0. The highest BCUT2D eigenvalue weighted by atomic mass is 16.3. The number of aliphatic hydroxyl groups is 2. The maximum atomic E-state index is 11.8. The first-order valence-corrected chi connectivity index (χ1v) is 7.33. The molecule has 0 aliphatic rings. The monoisotopic (exact) mass is 324 g/mol. The van der Waals surface area contributed by atoms with Crippen molar-refractivity contribution in [1.29, 1.82) is 0 Å². The van der Waals surface area contributed by atoms with Crippen LogP contribution in [0.15, 0.2) is 18.2 Å². The molecule has 1 rings (SSSR count). The Morgan fingerprint density at radius 3 is 2.04 bits per heavy atom. The van der Waals surface area contributed by atoms with Gasteiger partial charge in [-0.25, -0.2) is 9.59 Å². The number of aryl methyl sites for hydroxylation is 1. The molecule has 0 bridgehead atoms. The Morgan fingerprint density at radius 2 is 1.52 bits per heavy atom. The fraction of sp³-hybridized carbons (Fsp3) is 0.467. The number of rotatable bonds is 6. The lowest BCUT2D eigenvalue weighted by Crippen LogP contribution is -2.38. The van der Waals surface area contributed by atoms with E-state index in [1.165, 1.54) is 0 Å². The van der Waals surface area contributed by atoms with Crippen LogP contribution in [-0.4, -0.2) is 47.6 Å². The lowest BCUT2D eigenvalue weighted by Gasteiger charge is -2.15. The Hall–Kier alpha value is -2.32. The molecule has 0 fully saturated rings. The van der Waals surface area contributed by atoms with Crippen LogP contribution < -0.4 is 21.3 Å². The van der Waals surface area contributed by atoms with Gasteiger partial charge in [0.25, 0.3) is 0 Å². The average molecular weight is 324 g/mol. The van der Waals surface area contributed by atoms with E-state index >= 15 is 0 Å². The number of benzene rings is 1. The normalized spacial score (nSPS) is 12.9. The summed E-state index contributed by atoms with van der Waals surface area (Å²) in [6, 6.07) is 3.49.